The summed E-state index contributed by atoms with van der Waals surface area (Å²) in [7, 11) is 0. The SMILES string of the molecule is Cc1cc(C2CCC2)c(-c2nc3c([nH]2)CNCC3)cc1C(=O)N1CCCCC1. The second kappa shape index (κ2) is 7.36. The zero-order valence-corrected chi connectivity index (χ0v) is 16.8. The van der Waals surface area contributed by atoms with Gasteiger partial charge in [-0.05, 0) is 62.1 Å². The van der Waals surface area contributed by atoms with Gasteiger partial charge in [0.05, 0.1) is 11.4 Å². The lowest BCUT2D eigenvalue weighted by Gasteiger charge is -2.30. The Kier molecular flexibility index (Phi) is 4.71. The molecule has 2 fully saturated rings. The number of nitrogens with one attached hydrogen (secondary N) is 2. The van der Waals surface area contributed by atoms with Gasteiger partial charge in [-0.15, -0.1) is 0 Å². The lowest BCUT2D eigenvalue weighted by atomic mass is 9.77. The largest absolute Gasteiger partial charge is 0.341 e. The molecule has 0 radical (unpaired) electrons. The summed E-state index contributed by atoms with van der Waals surface area (Å²) in [5.74, 6) is 1.74. The molecule has 0 bridgehead atoms. The smallest absolute Gasteiger partial charge is 0.254 e. The topological polar surface area (TPSA) is 61.0 Å². The number of rotatable bonds is 3. The van der Waals surface area contributed by atoms with Crippen molar-refractivity contribution in [1.82, 2.24) is 20.2 Å². The average molecular weight is 379 g/mol. The van der Waals surface area contributed by atoms with Crippen molar-refractivity contribution in [3.63, 3.8) is 0 Å². The predicted molar refractivity (Wildman–Crippen MR) is 111 cm³/mol. The number of H-pyrrole nitrogens is 1. The Balaban J connectivity index is 1.57. The van der Waals surface area contributed by atoms with Crippen LogP contribution >= 0.6 is 0 Å². The molecule has 5 heteroatoms. The van der Waals surface area contributed by atoms with Crippen LogP contribution in [-0.2, 0) is 13.0 Å². The van der Waals surface area contributed by atoms with Crippen LogP contribution in [-0.4, -0.2) is 40.4 Å². The number of carbonyl (C=O) groups excluding carboxylic acids is 1. The third-order valence-electron chi connectivity index (χ3n) is 6.78. The minimum absolute atomic E-state index is 0.191. The van der Waals surface area contributed by atoms with Crippen LogP contribution in [0.15, 0.2) is 12.1 Å². The summed E-state index contributed by atoms with van der Waals surface area (Å²) in [4.78, 5) is 23.8. The highest BCUT2D eigenvalue weighted by Crippen LogP contribution is 2.42. The average Bonchev–Trinajstić information content (AvgIpc) is 3.11. The van der Waals surface area contributed by atoms with Gasteiger partial charge in [0.25, 0.3) is 5.91 Å². The van der Waals surface area contributed by atoms with E-state index in [9.17, 15) is 4.79 Å². The van der Waals surface area contributed by atoms with Crippen molar-refractivity contribution in [2.24, 2.45) is 0 Å². The Morgan fingerprint density at radius 3 is 2.68 bits per heavy atom. The normalized spacial score (nSPS) is 20.0. The minimum atomic E-state index is 0.191. The van der Waals surface area contributed by atoms with Crippen LogP contribution in [0.3, 0.4) is 0 Å². The van der Waals surface area contributed by atoms with Crippen molar-refractivity contribution in [1.29, 1.82) is 0 Å². The number of amides is 1. The highest BCUT2D eigenvalue weighted by atomic mass is 16.2. The second-order valence-electron chi connectivity index (χ2n) is 8.67. The van der Waals surface area contributed by atoms with Crippen LogP contribution in [0.25, 0.3) is 11.4 Å². The van der Waals surface area contributed by atoms with Gasteiger partial charge < -0.3 is 15.2 Å². The molecule has 148 valence electrons. The van der Waals surface area contributed by atoms with E-state index in [2.05, 4.69) is 29.4 Å². The first-order chi connectivity index (χ1) is 13.7. The monoisotopic (exact) mass is 378 g/mol. The van der Waals surface area contributed by atoms with Crippen LogP contribution in [0.4, 0.5) is 0 Å². The molecule has 1 aromatic carbocycles. The van der Waals surface area contributed by atoms with E-state index in [0.29, 0.717) is 5.92 Å². The van der Waals surface area contributed by atoms with Gasteiger partial charge >= 0.3 is 0 Å². The Morgan fingerprint density at radius 1 is 1.14 bits per heavy atom. The second-order valence-corrected chi connectivity index (χ2v) is 8.67. The van der Waals surface area contributed by atoms with Gasteiger partial charge in [-0.1, -0.05) is 12.5 Å². The van der Waals surface area contributed by atoms with E-state index in [0.717, 1.165) is 68.0 Å². The molecule has 28 heavy (non-hydrogen) atoms. The van der Waals surface area contributed by atoms with Crippen molar-refractivity contribution in [3.8, 4) is 11.4 Å². The van der Waals surface area contributed by atoms with Gasteiger partial charge in [0.2, 0.25) is 0 Å². The number of fused-ring (bicyclic) bond motifs is 1. The molecule has 1 aliphatic carbocycles. The Bertz CT molecular complexity index is 867. The summed E-state index contributed by atoms with van der Waals surface area (Å²) in [5, 5.41) is 3.42. The molecule has 0 spiro atoms. The van der Waals surface area contributed by atoms with Crippen LogP contribution in [0.5, 0.6) is 0 Å². The molecule has 0 unspecified atom stereocenters. The highest BCUT2D eigenvalue weighted by molar-refractivity contribution is 5.97. The highest BCUT2D eigenvalue weighted by Gasteiger charge is 2.28. The standard InChI is InChI=1S/C23H30N4O/c1-15-12-18(16-6-5-7-16)19(22-25-20-8-9-24-14-21(20)26-22)13-17(15)23(28)27-10-3-2-4-11-27/h12-13,16,24H,2-11,14H2,1H3,(H,25,26). The molecular weight excluding hydrogens is 348 g/mol. The summed E-state index contributed by atoms with van der Waals surface area (Å²) >= 11 is 0. The van der Waals surface area contributed by atoms with Gasteiger partial charge in [-0.2, -0.15) is 0 Å². The molecule has 5 nitrogen and oxygen atoms in total. The first kappa shape index (κ1) is 17.9. The van der Waals surface area contributed by atoms with Gasteiger partial charge in [0.1, 0.15) is 5.82 Å². The van der Waals surface area contributed by atoms with Crippen LogP contribution < -0.4 is 5.32 Å². The molecule has 2 N–H and O–H groups in total. The number of piperidine rings is 1. The lowest BCUT2D eigenvalue weighted by Crippen LogP contribution is -2.36. The first-order valence-electron chi connectivity index (χ1n) is 10.9. The van der Waals surface area contributed by atoms with Crippen LogP contribution in [0, 0.1) is 6.92 Å². The number of benzene rings is 1. The van der Waals surface area contributed by atoms with Crippen molar-refractivity contribution in [2.45, 2.75) is 64.3 Å². The van der Waals surface area contributed by atoms with Crippen molar-refractivity contribution < 1.29 is 4.79 Å². The van der Waals surface area contributed by atoms with Gasteiger partial charge in [0, 0.05) is 43.7 Å². The maximum absolute atomic E-state index is 13.2. The van der Waals surface area contributed by atoms with Crippen molar-refractivity contribution in [2.75, 3.05) is 19.6 Å². The van der Waals surface area contributed by atoms with E-state index >= 15 is 0 Å². The Morgan fingerprint density at radius 2 is 1.96 bits per heavy atom. The van der Waals surface area contributed by atoms with Crippen molar-refractivity contribution >= 4 is 5.91 Å². The molecule has 5 rings (SSSR count). The first-order valence-corrected chi connectivity index (χ1v) is 10.9. The zero-order valence-electron chi connectivity index (χ0n) is 16.8. The zero-order chi connectivity index (χ0) is 19.1. The molecule has 2 aromatic rings. The number of carbonyl (C=O) groups is 1. The molecule has 1 saturated carbocycles. The fourth-order valence-corrected chi connectivity index (χ4v) is 4.84. The molecule has 3 aliphatic rings. The number of aromatic amines is 1. The summed E-state index contributed by atoms with van der Waals surface area (Å²) in [5.41, 5.74) is 6.86. The van der Waals surface area contributed by atoms with E-state index in [-0.39, 0.29) is 5.91 Å². The van der Waals surface area contributed by atoms with Crippen molar-refractivity contribution in [3.05, 3.63) is 40.2 Å². The van der Waals surface area contributed by atoms with Gasteiger partial charge in [0.15, 0.2) is 0 Å². The number of likely N-dealkylation sites (tertiary alicyclic amines) is 1. The van der Waals surface area contributed by atoms with E-state index in [1.807, 2.05) is 4.90 Å². The molecule has 2 aliphatic heterocycles. The van der Waals surface area contributed by atoms with E-state index in [1.54, 1.807) is 0 Å². The third kappa shape index (κ3) is 3.16. The molecular formula is C23H30N4O. The summed E-state index contributed by atoms with van der Waals surface area (Å²) in [6, 6.07) is 4.41. The maximum Gasteiger partial charge on any atom is 0.254 e. The maximum atomic E-state index is 13.2. The lowest BCUT2D eigenvalue weighted by molar-refractivity contribution is 0.0723. The van der Waals surface area contributed by atoms with E-state index < -0.39 is 0 Å². The number of nitrogens with zero attached hydrogens (tertiary/aromatic N) is 2. The van der Waals surface area contributed by atoms with Gasteiger partial charge in [-0.3, -0.25) is 4.79 Å². The minimum Gasteiger partial charge on any atom is -0.341 e. The van der Waals surface area contributed by atoms with E-state index in [4.69, 9.17) is 4.98 Å². The number of aromatic nitrogens is 2. The molecule has 1 aromatic heterocycles. The van der Waals surface area contributed by atoms with E-state index in [1.165, 1.54) is 42.6 Å². The number of aryl methyl sites for hydroxylation is 1. The number of imidazole rings is 1. The number of hydrogen-bond acceptors (Lipinski definition) is 3. The fourth-order valence-electron chi connectivity index (χ4n) is 4.84. The third-order valence-corrected chi connectivity index (χ3v) is 6.78. The molecule has 3 heterocycles. The fraction of sp³-hybridized carbons (Fsp3) is 0.565. The number of hydrogen-bond donors (Lipinski definition) is 2. The quantitative estimate of drug-likeness (QED) is 0.851. The van der Waals surface area contributed by atoms with Gasteiger partial charge in [-0.25, -0.2) is 4.98 Å². The predicted octanol–water partition coefficient (Wildman–Crippen LogP) is 3.92. The summed E-state index contributed by atoms with van der Waals surface area (Å²) < 4.78 is 0. The Labute approximate surface area is 166 Å². The molecule has 0 atom stereocenters. The Hall–Kier alpha value is -2.14. The molecule has 1 saturated heterocycles. The summed E-state index contributed by atoms with van der Waals surface area (Å²) in [6.45, 7) is 5.71. The summed E-state index contributed by atoms with van der Waals surface area (Å²) in [6.07, 6.45) is 8.24. The van der Waals surface area contributed by atoms with Crippen LogP contribution in [0.2, 0.25) is 0 Å². The van der Waals surface area contributed by atoms with Crippen LogP contribution in [0.1, 0.15) is 77.3 Å². The molecule has 1 amide bonds.